The minimum absolute atomic E-state index is 0.649. The molecular weight excluding hydrogens is 262 g/mol. The quantitative estimate of drug-likeness (QED) is 0.885. The van der Waals surface area contributed by atoms with Gasteiger partial charge in [-0.2, -0.15) is 0 Å². The van der Waals surface area contributed by atoms with Crippen LogP contribution in [0.25, 0.3) is 16.6 Å². The molecule has 3 rings (SSSR count). The van der Waals surface area contributed by atoms with Gasteiger partial charge in [0.05, 0.1) is 17.6 Å². The molecule has 2 aromatic rings. The van der Waals surface area contributed by atoms with E-state index in [-0.39, 0.29) is 0 Å². The van der Waals surface area contributed by atoms with E-state index in [1.807, 2.05) is 6.07 Å². The second-order valence-corrected chi connectivity index (χ2v) is 5.96. The van der Waals surface area contributed by atoms with Gasteiger partial charge in [0.2, 0.25) is 5.88 Å². The van der Waals surface area contributed by atoms with Crippen LogP contribution in [0, 0.1) is 5.92 Å². The van der Waals surface area contributed by atoms with Gasteiger partial charge in [0.25, 0.3) is 0 Å². The first kappa shape index (κ1) is 14.1. The summed E-state index contributed by atoms with van der Waals surface area (Å²) in [6.07, 6.45) is 6.41. The zero-order chi connectivity index (χ0) is 14.7. The molecule has 21 heavy (non-hydrogen) atoms. The van der Waals surface area contributed by atoms with E-state index in [2.05, 4.69) is 42.5 Å². The first-order valence-electron chi connectivity index (χ1n) is 7.75. The number of nitrogens with zero attached hydrogens (tertiary/aromatic N) is 1. The molecule has 2 N–H and O–H groups in total. The van der Waals surface area contributed by atoms with E-state index < -0.39 is 0 Å². The van der Waals surface area contributed by atoms with Gasteiger partial charge < -0.3 is 15.0 Å². The van der Waals surface area contributed by atoms with Crippen LogP contribution in [0.15, 0.2) is 24.4 Å². The highest BCUT2D eigenvalue weighted by atomic mass is 16.5. The van der Waals surface area contributed by atoms with E-state index in [9.17, 15) is 0 Å². The molecule has 112 valence electrons. The Balaban J connectivity index is 1.83. The lowest BCUT2D eigenvalue weighted by atomic mass is 10.0. The SMILES string of the molecule is CC(C)CCOc1ccc2[nH]cc(C3=CCNCC3)c2n1. The number of aromatic nitrogens is 2. The number of fused-ring (bicyclic) bond motifs is 1. The predicted molar refractivity (Wildman–Crippen MR) is 86.5 cm³/mol. The fourth-order valence-electron chi connectivity index (χ4n) is 2.57. The molecule has 0 unspecified atom stereocenters. The summed E-state index contributed by atoms with van der Waals surface area (Å²) in [5.41, 5.74) is 4.67. The van der Waals surface area contributed by atoms with Crippen LogP contribution in [0.3, 0.4) is 0 Å². The third-order valence-corrected chi connectivity index (χ3v) is 3.85. The number of H-pyrrole nitrogens is 1. The van der Waals surface area contributed by atoms with Gasteiger partial charge in [-0.25, -0.2) is 4.98 Å². The number of ether oxygens (including phenoxy) is 1. The fraction of sp³-hybridized carbons (Fsp3) is 0.471. The zero-order valence-corrected chi connectivity index (χ0v) is 12.8. The predicted octanol–water partition coefficient (Wildman–Crippen LogP) is 3.36. The molecule has 0 radical (unpaired) electrons. The molecule has 0 aliphatic carbocycles. The van der Waals surface area contributed by atoms with E-state index in [0.717, 1.165) is 49.5 Å². The van der Waals surface area contributed by atoms with Gasteiger partial charge in [-0.1, -0.05) is 19.9 Å². The summed E-state index contributed by atoms with van der Waals surface area (Å²) in [4.78, 5) is 8.00. The molecule has 3 heterocycles. The molecule has 0 bridgehead atoms. The highest BCUT2D eigenvalue weighted by molar-refractivity contribution is 5.90. The first-order valence-corrected chi connectivity index (χ1v) is 7.75. The van der Waals surface area contributed by atoms with Crippen molar-refractivity contribution in [3.63, 3.8) is 0 Å². The van der Waals surface area contributed by atoms with Gasteiger partial charge >= 0.3 is 0 Å². The molecule has 0 saturated carbocycles. The van der Waals surface area contributed by atoms with Crippen molar-refractivity contribution >= 4 is 16.6 Å². The molecule has 4 nitrogen and oxygen atoms in total. The largest absolute Gasteiger partial charge is 0.478 e. The van der Waals surface area contributed by atoms with Gasteiger partial charge in [0.15, 0.2) is 0 Å². The Bertz CT molecular complexity index is 643. The summed E-state index contributed by atoms with van der Waals surface area (Å²) in [6.45, 7) is 7.10. The average Bonchev–Trinajstić information content (AvgIpc) is 2.91. The molecule has 0 spiro atoms. The van der Waals surface area contributed by atoms with Crippen LogP contribution in [0.5, 0.6) is 5.88 Å². The van der Waals surface area contributed by atoms with E-state index in [1.54, 1.807) is 0 Å². The lowest BCUT2D eigenvalue weighted by molar-refractivity contribution is 0.280. The molecule has 0 amide bonds. The summed E-state index contributed by atoms with van der Waals surface area (Å²) >= 11 is 0. The summed E-state index contributed by atoms with van der Waals surface area (Å²) < 4.78 is 5.78. The van der Waals surface area contributed by atoms with Crippen LogP contribution in [0.4, 0.5) is 0 Å². The van der Waals surface area contributed by atoms with Crippen LogP contribution in [0.2, 0.25) is 0 Å². The maximum absolute atomic E-state index is 5.78. The van der Waals surface area contributed by atoms with Crippen LogP contribution in [0.1, 0.15) is 32.3 Å². The highest BCUT2D eigenvalue weighted by Gasteiger charge is 2.13. The second kappa shape index (κ2) is 6.31. The van der Waals surface area contributed by atoms with E-state index in [0.29, 0.717) is 5.92 Å². The Labute approximate surface area is 125 Å². The summed E-state index contributed by atoms with van der Waals surface area (Å²) in [7, 11) is 0. The highest BCUT2D eigenvalue weighted by Crippen LogP contribution is 2.28. The average molecular weight is 285 g/mol. The van der Waals surface area contributed by atoms with Crippen molar-refractivity contribution in [2.75, 3.05) is 19.7 Å². The summed E-state index contributed by atoms with van der Waals surface area (Å²) in [5.74, 6) is 1.37. The van der Waals surface area contributed by atoms with Crippen molar-refractivity contribution in [3.05, 3.63) is 30.0 Å². The minimum atomic E-state index is 0.649. The normalized spacial score (nSPS) is 15.5. The molecule has 0 atom stereocenters. The maximum atomic E-state index is 5.78. The van der Waals surface area contributed by atoms with E-state index in [1.165, 1.54) is 11.1 Å². The zero-order valence-electron chi connectivity index (χ0n) is 12.8. The fourth-order valence-corrected chi connectivity index (χ4v) is 2.57. The van der Waals surface area contributed by atoms with Crippen molar-refractivity contribution in [1.29, 1.82) is 0 Å². The minimum Gasteiger partial charge on any atom is -0.478 e. The summed E-state index contributed by atoms with van der Waals surface area (Å²) in [5, 5.41) is 3.34. The van der Waals surface area contributed by atoms with Crippen molar-refractivity contribution in [2.45, 2.75) is 26.7 Å². The van der Waals surface area contributed by atoms with Crippen LogP contribution < -0.4 is 10.1 Å². The number of hydrogen-bond acceptors (Lipinski definition) is 3. The monoisotopic (exact) mass is 285 g/mol. The van der Waals surface area contributed by atoms with E-state index in [4.69, 9.17) is 9.72 Å². The number of pyridine rings is 1. The lowest BCUT2D eigenvalue weighted by Crippen LogP contribution is -2.19. The Morgan fingerprint density at radius 1 is 1.33 bits per heavy atom. The molecule has 0 saturated heterocycles. The second-order valence-electron chi connectivity index (χ2n) is 5.96. The molecule has 2 aromatic heterocycles. The van der Waals surface area contributed by atoms with Gasteiger partial charge in [0, 0.05) is 24.4 Å². The van der Waals surface area contributed by atoms with Crippen LogP contribution in [-0.4, -0.2) is 29.7 Å². The van der Waals surface area contributed by atoms with Gasteiger partial charge in [-0.15, -0.1) is 0 Å². The number of rotatable bonds is 5. The van der Waals surface area contributed by atoms with E-state index >= 15 is 0 Å². The van der Waals surface area contributed by atoms with Crippen molar-refractivity contribution in [2.24, 2.45) is 5.92 Å². The molecule has 1 aliphatic rings. The van der Waals surface area contributed by atoms with Crippen molar-refractivity contribution in [1.82, 2.24) is 15.3 Å². The lowest BCUT2D eigenvalue weighted by Gasteiger charge is -2.13. The topological polar surface area (TPSA) is 49.9 Å². The van der Waals surface area contributed by atoms with Crippen molar-refractivity contribution < 1.29 is 4.74 Å². The number of hydrogen-bond donors (Lipinski definition) is 2. The number of nitrogens with one attached hydrogen (secondary N) is 2. The summed E-state index contributed by atoms with van der Waals surface area (Å²) in [6, 6.07) is 4.00. The third-order valence-electron chi connectivity index (χ3n) is 3.85. The maximum Gasteiger partial charge on any atom is 0.213 e. The van der Waals surface area contributed by atoms with Crippen LogP contribution >= 0.6 is 0 Å². The first-order chi connectivity index (χ1) is 10.2. The smallest absolute Gasteiger partial charge is 0.213 e. The Morgan fingerprint density at radius 3 is 3.00 bits per heavy atom. The molecule has 0 fully saturated rings. The number of aromatic amines is 1. The molecule has 0 aromatic carbocycles. The third kappa shape index (κ3) is 3.27. The Hall–Kier alpha value is -1.81. The van der Waals surface area contributed by atoms with Crippen molar-refractivity contribution in [3.8, 4) is 5.88 Å². The Morgan fingerprint density at radius 2 is 2.24 bits per heavy atom. The Kier molecular flexibility index (Phi) is 4.25. The standard InChI is InChI=1S/C17H23N3O/c1-12(2)7-10-21-16-4-3-15-17(20-16)14(11-19-15)13-5-8-18-9-6-13/h3-5,11-12,18-19H,6-10H2,1-2H3. The molecule has 4 heteroatoms. The molecular formula is C17H23N3O. The van der Waals surface area contributed by atoms with Gasteiger partial charge in [0.1, 0.15) is 0 Å². The van der Waals surface area contributed by atoms with Crippen LogP contribution in [-0.2, 0) is 0 Å². The van der Waals surface area contributed by atoms with Gasteiger partial charge in [-0.05, 0) is 36.9 Å². The van der Waals surface area contributed by atoms with Gasteiger partial charge in [-0.3, -0.25) is 0 Å². The molecule has 1 aliphatic heterocycles.